The fraction of sp³-hybridized carbons (Fsp3) is 0.350. The fourth-order valence-corrected chi connectivity index (χ4v) is 3.10. The van der Waals surface area contributed by atoms with Gasteiger partial charge in [-0.05, 0) is 30.9 Å². The van der Waals surface area contributed by atoms with E-state index in [1.807, 2.05) is 12.2 Å². The third-order valence-corrected chi connectivity index (χ3v) is 4.56. The molecule has 142 valence electrons. The van der Waals surface area contributed by atoms with Crippen molar-refractivity contribution in [1.82, 2.24) is 20.2 Å². The van der Waals surface area contributed by atoms with Gasteiger partial charge in [-0.15, -0.1) is 0 Å². The first-order valence-corrected chi connectivity index (χ1v) is 8.87. The number of nitrogens with one attached hydrogen (secondary N) is 2. The van der Waals surface area contributed by atoms with Crippen molar-refractivity contribution in [3.63, 3.8) is 0 Å². The monoisotopic (exact) mass is 368 g/mol. The van der Waals surface area contributed by atoms with Gasteiger partial charge in [-0.1, -0.05) is 24.3 Å². The molecule has 7 heteroatoms. The third-order valence-electron chi connectivity index (χ3n) is 4.56. The second-order valence-electron chi connectivity index (χ2n) is 6.77. The normalized spacial score (nSPS) is 16.9. The molecule has 2 amide bonds. The zero-order valence-electron chi connectivity index (χ0n) is 15.7. The highest BCUT2D eigenvalue weighted by atomic mass is 16.5. The quantitative estimate of drug-likeness (QED) is 0.819. The Morgan fingerprint density at radius 3 is 2.85 bits per heavy atom. The molecule has 2 atom stereocenters. The van der Waals surface area contributed by atoms with E-state index in [-0.39, 0.29) is 17.7 Å². The summed E-state index contributed by atoms with van der Waals surface area (Å²) in [5.41, 5.74) is 1.73. The van der Waals surface area contributed by atoms with Crippen molar-refractivity contribution < 1.29 is 14.3 Å². The maximum Gasteiger partial charge on any atom is 0.268 e. The Labute approximate surface area is 158 Å². The third kappa shape index (κ3) is 4.36. The van der Waals surface area contributed by atoms with E-state index < -0.39 is 6.04 Å². The number of fused-ring (bicyclic) bond motifs is 1. The standard InChI is InChI=1S/C20H24N4O3/c1-24(2)20(26)17(11-13-7-5-4-6-8-13)23-19(25)16-12-15-14(21-16)9-10-18(22-15)27-3/h4-7,9-10,12-13,17,21H,8,11H2,1-3H3,(H,23,25)/t13?,17-/m0/s1. The number of nitrogens with zero attached hydrogens (tertiary/aromatic N) is 2. The average molecular weight is 368 g/mol. The van der Waals surface area contributed by atoms with Crippen LogP contribution in [0.4, 0.5) is 0 Å². The number of H-pyrrole nitrogens is 1. The molecule has 2 aromatic rings. The van der Waals surface area contributed by atoms with Crippen LogP contribution in [0.2, 0.25) is 0 Å². The summed E-state index contributed by atoms with van der Waals surface area (Å²) in [7, 11) is 4.93. The molecule has 0 bridgehead atoms. The highest BCUT2D eigenvalue weighted by Gasteiger charge is 2.26. The molecule has 0 saturated heterocycles. The molecule has 0 aliphatic heterocycles. The number of aromatic amines is 1. The minimum absolute atomic E-state index is 0.123. The molecule has 0 saturated carbocycles. The Kier molecular flexibility index (Phi) is 5.59. The SMILES string of the molecule is COc1ccc2[nH]c(C(=O)N[C@@H](CC3C=CC=CC3)C(=O)N(C)C)cc2n1. The molecular formula is C20H24N4O3. The predicted octanol–water partition coefficient (Wildman–Crippen LogP) is 2.28. The van der Waals surface area contributed by atoms with Crippen molar-refractivity contribution in [2.24, 2.45) is 5.92 Å². The minimum Gasteiger partial charge on any atom is -0.481 e. The second-order valence-corrected chi connectivity index (χ2v) is 6.77. The number of likely N-dealkylation sites (N-methyl/N-ethyl adjacent to an activating group) is 1. The maximum atomic E-state index is 12.7. The number of amides is 2. The van der Waals surface area contributed by atoms with Crippen LogP contribution in [0.15, 0.2) is 42.5 Å². The number of hydrogen-bond acceptors (Lipinski definition) is 4. The van der Waals surface area contributed by atoms with E-state index in [4.69, 9.17) is 4.74 Å². The molecule has 7 nitrogen and oxygen atoms in total. The number of allylic oxidation sites excluding steroid dienone is 4. The molecular weight excluding hydrogens is 344 g/mol. The lowest BCUT2D eigenvalue weighted by atomic mass is 9.92. The molecule has 0 radical (unpaired) electrons. The Morgan fingerprint density at radius 2 is 2.19 bits per heavy atom. The van der Waals surface area contributed by atoms with E-state index in [9.17, 15) is 9.59 Å². The first-order chi connectivity index (χ1) is 13.0. The van der Waals surface area contributed by atoms with Crippen LogP contribution in [0.25, 0.3) is 11.0 Å². The summed E-state index contributed by atoms with van der Waals surface area (Å²) in [6, 6.07) is 4.59. The van der Waals surface area contributed by atoms with Crippen molar-refractivity contribution in [2.75, 3.05) is 21.2 Å². The number of carbonyl (C=O) groups excluding carboxylic acids is 2. The zero-order chi connectivity index (χ0) is 19.4. The molecule has 0 fully saturated rings. The summed E-state index contributed by atoms with van der Waals surface area (Å²) >= 11 is 0. The van der Waals surface area contributed by atoms with Gasteiger partial charge in [-0.2, -0.15) is 0 Å². The lowest BCUT2D eigenvalue weighted by Gasteiger charge is -2.24. The van der Waals surface area contributed by atoms with Crippen LogP contribution in [0.1, 0.15) is 23.3 Å². The van der Waals surface area contributed by atoms with Crippen LogP contribution < -0.4 is 10.1 Å². The van der Waals surface area contributed by atoms with Gasteiger partial charge in [0.05, 0.1) is 18.1 Å². The number of ether oxygens (including phenoxy) is 1. The predicted molar refractivity (Wildman–Crippen MR) is 104 cm³/mol. The average Bonchev–Trinajstić information content (AvgIpc) is 3.10. The van der Waals surface area contributed by atoms with E-state index in [2.05, 4.69) is 27.4 Å². The fourth-order valence-electron chi connectivity index (χ4n) is 3.10. The summed E-state index contributed by atoms with van der Waals surface area (Å²) in [5, 5.41) is 2.87. The van der Waals surface area contributed by atoms with Crippen molar-refractivity contribution in [3.8, 4) is 5.88 Å². The molecule has 2 aromatic heterocycles. The molecule has 1 unspecified atom stereocenters. The van der Waals surface area contributed by atoms with Gasteiger partial charge in [0.1, 0.15) is 11.7 Å². The number of aromatic nitrogens is 2. The summed E-state index contributed by atoms with van der Waals surface area (Å²) in [4.78, 5) is 34.2. The molecule has 2 heterocycles. The second kappa shape index (κ2) is 8.07. The summed E-state index contributed by atoms with van der Waals surface area (Å²) < 4.78 is 5.11. The lowest BCUT2D eigenvalue weighted by Crippen LogP contribution is -2.47. The first kappa shape index (κ1) is 18.7. The molecule has 0 spiro atoms. The van der Waals surface area contributed by atoms with Gasteiger partial charge in [0, 0.05) is 20.2 Å². The van der Waals surface area contributed by atoms with Crippen molar-refractivity contribution in [2.45, 2.75) is 18.9 Å². The van der Waals surface area contributed by atoms with Crippen molar-refractivity contribution in [1.29, 1.82) is 0 Å². The van der Waals surface area contributed by atoms with Gasteiger partial charge in [0.2, 0.25) is 11.8 Å². The molecule has 1 aliphatic carbocycles. The molecule has 2 N–H and O–H groups in total. The molecule has 0 aromatic carbocycles. The number of carbonyl (C=O) groups is 2. The lowest BCUT2D eigenvalue weighted by molar-refractivity contribution is -0.131. The van der Waals surface area contributed by atoms with Crippen LogP contribution in [-0.2, 0) is 4.79 Å². The van der Waals surface area contributed by atoms with E-state index in [1.165, 1.54) is 4.90 Å². The van der Waals surface area contributed by atoms with Crippen molar-refractivity contribution >= 4 is 22.8 Å². The smallest absolute Gasteiger partial charge is 0.268 e. The summed E-state index contributed by atoms with van der Waals surface area (Å²) in [6.45, 7) is 0. The van der Waals surface area contributed by atoms with E-state index in [0.29, 0.717) is 23.5 Å². The van der Waals surface area contributed by atoms with Gasteiger partial charge in [0.25, 0.3) is 5.91 Å². The zero-order valence-corrected chi connectivity index (χ0v) is 15.7. The van der Waals surface area contributed by atoms with E-state index in [1.54, 1.807) is 39.4 Å². The Morgan fingerprint density at radius 1 is 1.37 bits per heavy atom. The van der Waals surface area contributed by atoms with Gasteiger partial charge in [-0.25, -0.2) is 4.98 Å². The largest absolute Gasteiger partial charge is 0.481 e. The van der Waals surface area contributed by atoms with Gasteiger partial charge in [0.15, 0.2) is 0 Å². The number of methoxy groups -OCH3 is 1. The van der Waals surface area contributed by atoms with E-state index in [0.717, 1.165) is 11.9 Å². The highest BCUT2D eigenvalue weighted by molar-refractivity contribution is 5.99. The van der Waals surface area contributed by atoms with Crippen LogP contribution in [0.3, 0.4) is 0 Å². The number of rotatable bonds is 6. The van der Waals surface area contributed by atoms with Gasteiger partial charge in [-0.3, -0.25) is 9.59 Å². The summed E-state index contributed by atoms with van der Waals surface area (Å²) in [5.74, 6) is 0.244. The number of hydrogen-bond donors (Lipinski definition) is 2. The first-order valence-electron chi connectivity index (χ1n) is 8.87. The Bertz CT molecular complexity index is 898. The maximum absolute atomic E-state index is 12.7. The Hall–Kier alpha value is -3.09. The molecule has 27 heavy (non-hydrogen) atoms. The Balaban J connectivity index is 1.77. The van der Waals surface area contributed by atoms with Crippen LogP contribution in [0.5, 0.6) is 5.88 Å². The van der Waals surface area contributed by atoms with E-state index >= 15 is 0 Å². The van der Waals surface area contributed by atoms with Crippen molar-refractivity contribution in [3.05, 3.63) is 48.2 Å². The topological polar surface area (TPSA) is 87.3 Å². The van der Waals surface area contributed by atoms with Gasteiger partial charge >= 0.3 is 0 Å². The molecule has 1 aliphatic rings. The van der Waals surface area contributed by atoms with Crippen LogP contribution in [-0.4, -0.2) is 53.9 Å². The molecule has 3 rings (SSSR count). The summed E-state index contributed by atoms with van der Waals surface area (Å²) in [6.07, 6.45) is 9.52. The highest BCUT2D eigenvalue weighted by Crippen LogP contribution is 2.20. The van der Waals surface area contributed by atoms with Crippen LogP contribution in [0, 0.1) is 5.92 Å². The number of pyridine rings is 1. The minimum atomic E-state index is -0.595. The van der Waals surface area contributed by atoms with Crippen LogP contribution >= 0.6 is 0 Å². The van der Waals surface area contributed by atoms with Gasteiger partial charge < -0.3 is 19.9 Å².